The lowest BCUT2D eigenvalue weighted by Crippen LogP contribution is -2.42. The number of carboxylic acid groups (broad SMARTS) is 1. The highest BCUT2D eigenvalue weighted by atomic mass is 32.1. The summed E-state index contributed by atoms with van der Waals surface area (Å²) in [6.07, 6.45) is 1.16. The van der Waals surface area contributed by atoms with Crippen molar-refractivity contribution in [2.75, 3.05) is 25.5 Å². The molecule has 1 fully saturated rings. The fraction of sp³-hybridized carbons (Fsp3) is 0.353. The Bertz CT molecular complexity index is 851. The van der Waals surface area contributed by atoms with E-state index >= 15 is 0 Å². The number of hydrogen-bond donors (Lipinski definition) is 2. The molecule has 2 N–H and O–H groups in total. The van der Waals surface area contributed by atoms with Crippen molar-refractivity contribution in [3.05, 3.63) is 34.3 Å². The highest BCUT2D eigenvalue weighted by Gasteiger charge is 2.30. The van der Waals surface area contributed by atoms with Gasteiger partial charge in [-0.3, -0.25) is 14.4 Å². The molecule has 9 nitrogen and oxygen atoms in total. The summed E-state index contributed by atoms with van der Waals surface area (Å²) < 4.78 is 5.06. The van der Waals surface area contributed by atoms with Gasteiger partial charge in [0.2, 0.25) is 10.0 Å². The van der Waals surface area contributed by atoms with E-state index in [2.05, 4.69) is 15.5 Å². The number of aliphatic carboxylic acids is 1. The first-order valence-corrected chi connectivity index (χ1v) is 9.10. The van der Waals surface area contributed by atoms with Crippen molar-refractivity contribution >= 4 is 34.8 Å². The van der Waals surface area contributed by atoms with E-state index in [1.165, 1.54) is 4.90 Å². The monoisotopic (exact) mass is 390 g/mol. The van der Waals surface area contributed by atoms with Crippen LogP contribution in [0.4, 0.5) is 5.69 Å². The maximum absolute atomic E-state index is 12.5. The Kier molecular flexibility index (Phi) is 5.65. The Balaban J connectivity index is 1.65. The van der Waals surface area contributed by atoms with E-state index in [0.29, 0.717) is 30.8 Å². The van der Waals surface area contributed by atoms with Crippen LogP contribution in [0.3, 0.4) is 0 Å². The van der Waals surface area contributed by atoms with Gasteiger partial charge in [0, 0.05) is 18.8 Å². The number of ether oxygens (including phenoxy) is 1. The second-order valence-electron chi connectivity index (χ2n) is 6.02. The van der Waals surface area contributed by atoms with E-state index < -0.39 is 23.7 Å². The number of nitrogens with one attached hydrogen (secondary N) is 1. The van der Waals surface area contributed by atoms with E-state index in [1.807, 2.05) is 0 Å². The van der Waals surface area contributed by atoms with Gasteiger partial charge in [-0.15, -0.1) is 10.2 Å². The maximum atomic E-state index is 12.5. The van der Waals surface area contributed by atoms with Gasteiger partial charge < -0.3 is 20.1 Å². The van der Waals surface area contributed by atoms with Crippen LogP contribution in [0, 0.1) is 5.92 Å². The van der Waals surface area contributed by atoms with Crippen molar-refractivity contribution in [2.24, 2.45) is 5.92 Å². The van der Waals surface area contributed by atoms with Crippen molar-refractivity contribution in [2.45, 2.75) is 12.8 Å². The summed E-state index contributed by atoms with van der Waals surface area (Å²) in [5.74, 6) is -1.70. The topological polar surface area (TPSA) is 122 Å². The van der Waals surface area contributed by atoms with Crippen molar-refractivity contribution < 1.29 is 24.2 Å². The van der Waals surface area contributed by atoms with Crippen LogP contribution in [0.1, 0.15) is 32.4 Å². The van der Waals surface area contributed by atoms with Gasteiger partial charge in [-0.25, -0.2) is 0 Å². The van der Waals surface area contributed by atoms with E-state index in [1.54, 1.807) is 31.4 Å². The second kappa shape index (κ2) is 8.12. The number of amides is 2. The number of hydrogen-bond acceptors (Lipinski definition) is 7. The number of aromatic nitrogens is 2. The van der Waals surface area contributed by atoms with Crippen LogP contribution in [0.5, 0.6) is 5.75 Å². The summed E-state index contributed by atoms with van der Waals surface area (Å²) in [6, 6.07) is 6.78. The predicted molar refractivity (Wildman–Crippen MR) is 97.1 cm³/mol. The molecule has 1 atom stereocenters. The number of carbonyl (C=O) groups is 3. The fourth-order valence-electron chi connectivity index (χ4n) is 2.76. The summed E-state index contributed by atoms with van der Waals surface area (Å²) >= 11 is 0.882. The third-order valence-corrected chi connectivity index (χ3v) is 5.12. The van der Waals surface area contributed by atoms with Crippen LogP contribution in [0.15, 0.2) is 24.3 Å². The highest BCUT2D eigenvalue weighted by molar-refractivity contribution is 7.15. The van der Waals surface area contributed by atoms with Gasteiger partial charge in [-0.1, -0.05) is 11.3 Å². The molecule has 3 rings (SSSR count). The molecule has 10 heteroatoms. The summed E-state index contributed by atoms with van der Waals surface area (Å²) in [5, 5.41) is 19.5. The average Bonchev–Trinajstić information content (AvgIpc) is 3.18. The van der Waals surface area contributed by atoms with Crippen LogP contribution < -0.4 is 10.1 Å². The third kappa shape index (κ3) is 4.40. The average molecular weight is 390 g/mol. The zero-order chi connectivity index (χ0) is 19.4. The van der Waals surface area contributed by atoms with Gasteiger partial charge >= 0.3 is 5.97 Å². The normalized spacial score (nSPS) is 16.6. The quantitative estimate of drug-likeness (QED) is 0.797. The van der Waals surface area contributed by atoms with Gasteiger partial charge in [0.05, 0.1) is 13.0 Å². The highest BCUT2D eigenvalue weighted by Crippen LogP contribution is 2.21. The van der Waals surface area contributed by atoms with Gasteiger partial charge in [-0.05, 0) is 37.1 Å². The Morgan fingerprint density at radius 2 is 1.93 bits per heavy atom. The zero-order valence-corrected chi connectivity index (χ0v) is 15.4. The van der Waals surface area contributed by atoms with E-state index in [0.717, 1.165) is 11.3 Å². The molecule has 2 amide bonds. The molecular weight excluding hydrogens is 372 g/mol. The number of likely N-dealkylation sites (tertiary alicyclic amines) is 1. The molecule has 142 valence electrons. The van der Waals surface area contributed by atoms with Crippen molar-refractivity contribution in [3.63, 3.8) is 0 Å². The summed E-state index contributed by atoms with van der Waals surface area (Å²) in [5.41, 5.74) is 0.559. The van der Waals surface area contributed by atoms with E-state index in [-0.39, 0.29) is 16.6 Å². The van der Waals surface area contributed by atoms with E-state index in [4.69, 9.17) is 9.84 Å². The van der Waals surface area contributed by atoms with Gasteiger partial charge in [-0.2, -0.15) is 0 Å². The SMILES string of the molecule is COc1ccc(NC(=O)c2nnc(C(=O)N3CCCC(C(=O)O)C3)s2)cc1. The smallest absolute Gasteiger partial charge is 0.308 e. The number of nitrogens with zero attached hydrogens (tertiary/aromatic N) is 3. The Morgan fingerprint density at radius 3 is 2.59 bits per heavy atom. The molecule has 1 aromatic heterocycles. The largest absolute Gasteiger partial charge is 0.497 e. The predicted octanol–water partition coefficient (Wildman–Crippen LogP) is 1.74. The molecular formula is C17H18N4O5S. The minimum absolute atomic E-state index is 0.0564. The van der Waals surface area contributed by atoms with Crippen LogP contribution >= 0.6 is 11.3 Å². The first-order valence-electron chi connectivity index (χ1n) is 8.29. The van der Waals surface area contributed by atoms with E-state index in [9.17, 15) is 14.4 Å². The van der Waals surface area contributed by atoms with Crippen LogP contribution in [0.2, 0.25) is 0 Å². The maximum Gasteiger partial charge on any atom is 0.308 e. The number of rotatable bonds is 5. The van der Waals surface area contributed by atoms with Crippen LogP contribution in [-0.2, 0) is 4.79 Å². The lowest BCUT2D eigenvalue weighted by molar-refractivity contribution is -0.143. The molecule has 27 heavy (non-hydrogen) atoms. The molecule has 0 aliphatic carbocycles. The minimum atomic E-state index is -0.913. The molecule has 0 radical (unpaired) electrons. The zero-order valence-electron chi connectivity index (χ0n) is 14.5. The third-order valence-electron chi connectivity index (χ3n) is 4.21. The number of benzene rings is 1. The van der Waals surface area contributed by atoms with Gasteiger partial charge in [0.1, 0.15) is 5.75 Å². The van der Waals surface area contributed by atoms with Crippen LogP contribution in [0.25, 0.3) is 0 Å². The number of methoxy groups -OCH3 is 1. The van der Waals surface area contributed by atoms with Gasteiger partial charge in [0.25, 0.3) is 11.8 Å². The second-order valence-corrected chi connectivity index (χ2v) is 7.00. The number of piperidine rings is 1. The fourth-order valence-corrected chi connectivity index (χ4v) is 3.47. The first-order chi connectivity index (χ1) is 13.0. The van der Waals surface area contributed by atoms with Crippen molar-refractivity contribution in [1.29, 1.82) is 0 Å². The molecule has 1 aromatic carbocycles. The standard InChI is InChI=1S/C17H18N4O5S/c1-26-12-6-4-11(5-7-12)18-13(22)14-19-20-15(27-14)16(23)21-8-2-3-10(9-21)17(24)25/h4-7,10H,2-3,8-9H2,1H3,(H,18,22)(H,24,25). The van der Waals surface area contributed by atoms with Crippen molar-refractivity contribution in [3.8, 4) is 5.75 Å². The number of anilines is 1. The molecule has 0 bridgehead atoms. The Labute approximate surface area is 159 Å². The summed E-state index contributed by atoms with van der Waals surface area (Å²) in [6.45, 7) is 0.608. The first kappa shape index (κ1) is 18.8. The molecule has 1 saturated heterocycles. The molecule has 2 heterocycles. The minimum Gasteiger partial charge on any atom is -0.497 e. The Morgan fingerprint density at radius 1 is 1.22 bits per heavy atom. The molecule has 1 aliphatic heterocycles. The summed E-state index contributed by atoms with van der Waals surface area (Å²) in [4.78, 5) is 37.4. The Hall–Kier alpha value is -3.01. The molecule has 0 saturated carbocycles. The molecule has 1 aliphatic rings. The lowest BCUT2D eigenvalue weighted by Gasteiger charge is -2.29. The lowest BCUT2D eigenvalue weighted by atomic mass is 9.98. The van der Waals surface area contributed by atoms with Crippen LogP contribution in [-0.4, -0.2) is 58.2 Å². The summed E-state index contributed by atoms with van der Waals surface area (Å²) in [7, 11) is 1.55. The number of carbonyl (C=O) groups excluding carboxylic acids is 2. The van der Waals surface area contributed by atoms with Crippen molar-refractivity contribution in [1.82, 2.24) is 15.1 Å². The molecule has 0 spiro atoms. The molecule has 1 unspecified atom stereocenters. The van der Waals surface area contributed by atoms with Gasteiger partial charge in [0.15, 0.2) is 0 Å². The number of carboxylic acids is 1. The molecule has 2 aromatic rings.